The Morgan fingerprint density at radius 2 is 1.80 bits per heavy atom. The highest BCUT2D eigenvalue weighted by Gasteiger charge is 2.61. The molecule has 1 amide bonds. The Labute approximate surface area is 214 Å². The van der Waals surface area contributed by atoms with Crippen molar-refractivity contribution in [1.82, 2.24) is 0 Å². The number of hydrogen-bond acceptors (Lipinski definition) is 5. The number of nitrogens with one attached hydrogen (secondary N) is 1. The number of hydrogen-bond donors (Lipinski definition) is 2. The number of Topliss-reactive ketones (excluding diaryl/α,β-unsaturated/α-hetero) is 1. The third-order valence-corrected chi connectivity index (χ3v) is 8.09. The average molecular weight is 507 g/mol. The first kappa shape index (κ1) is 23.5. The highest BCUT2D eigenvalue weighted by molar-refractivity contribution is 6.32. The zero-order valence-electron chi connectivity index (χ0n) is 19.8. The lowest BCUT2D eigenvalue weighted by atomic mass is 9.60. The minimum absolute atomic E-state index is 0.0129. The fourth-order valence-corrected chi connectivity index (χ4v) is 5.95. The standard InChI is InChI=1S/C27H24Cl2N4O2/c1-13-5-6-15(9-19(13)29)33-20-10-26(3,4)11-21(34)22(20)27(17(12-30)24(33)31)16-7-8-18(28)14(2)23(16)32-25(27)35/h5-9H,10-11,31H2,1-4H3,(H,32,35). The molecule has 0 bridgehead atoms. The van der Waals surface area contributed by atoms with Gasteiger partial charge in [0.05, 0.1) is 11.3 Å². The minimum atomic E-state index is -1.64. The van der Waals surface area contributed by atoms with E-state index < -0.39 is 11.3 Å². The van der Waals surface area contributed by atoms with Crippen LogP contribution >= 0.6 is 23.2 Å². The van der Waals surface area contributed by atoms with Crippen LogP contribution in [0.1, 0.15) is 43.4 Å². The van der Waals surface area contributed by atoms with Gasteiger partial charge in [0.25, 0.3) is 0 Å². The molecule has 1 atom stereocenters. The first-order valence-corrected chi connectivity index (χ1v) is 12.0. The van der Waals surface area contributed by atoms with Crippen molar-refractivity contribution in [2.24, 2.45) is 11.1 Å². The number of allylic oxidation sites excluding steroid dienone is 1. The Morgan fingerprint density at radius 1 is 1.09 bits per heavy atom. The van der Waals surface area contributed by atoms with Crippen molar-refractivity contribution in [2.75, 3.05) is 10.2 Å². The minimum Gasteiger partial charge on any atom is -0.384 e. The maximum Gasteiger partial charge on any atom is 0.245 e. The molecule has 0 radical (unpaired) electrons. The summed E-state index contributed by atoms with van der Waals surface area (Å²) in [6.07, 6.45) is 0.722. The highest BCUT2D eigenvalue weighted by Crippen LogP contribution is 2.58. The van der Waals surface area contributed by atoms with Gasteiger partial charge in [-0.25, -0.2) is 0 Å². The summed E-state index contributed by atoms with van der Waals surface area (Å²) >= 11 is 12.8. The van der Waals surface area contributed by atoms with Crippen LogP contribution in [0.25, 0.3) is 0 Å². The Kier molecular flexibility index (Phi) is 5.11. The third-order valence-electron chi connectivity index (χ3n) is 7.28. The molecule has 0 saturated carbocycles. The number of fused-ring (bicyclic) bond motifs is 3. The van der Waals surface area contributed by atoms with E-state index in [1.165, 1.54) is 0 Å². The van der Waals surface area contributed by atoms with Gasteiger partial charge in [-0.3, -0.25) is 14.5 Å². The Hall–Kier alpha value is -3.27. The zero-order valence-corrected chi connectivity index (χ0v) is 21.4. The van der Waals surface area contributed by atoms with E-state index in [1.807, 2.05) is 32.9 Å². The van der Waals surface area contributed by atoms with Gasteiger partial charge in [-0.2, -0.15) is 5.26 Å². The number of aryl methyl sites for hydroxylation is 1. The van der Waals surface area contributed by atoms with E-state index in [2.05, 4.69) is 11.4 Å². The average Bonchev–Trinajstić information content (AvgIpc) is 3.05. The van der Waals surface area contributed by atoms with Gasteiger partial charge in [-0.15, -0.1) is 0 Å². The van der Waals surface area contributed by atoms with Crippen molar-refractivity contribution in [3.8, 4) is 6.07 Å². The summed E-state index contributed by atoms with van der Waals surface area (Å²) in [5, 5.41) is 14.3. The van der Waals surface area contributed by atoms with E-state index in [9.17, 15) is 14.9 Å². The van der Waals surface area contributed by atoms with Gasteiger partial charge in [-0.1, -0.05) is 49.2 Å². The number of ketones is 1. The summed E-state index contributed by atoms with van der Waals surface area (Å²) in [4.78, 5) is 29.5. The van der Waals surface area contributed by atoms with Crippen molar-refractivity contribution < 1.29 is 9.59 Å². The monoisotopic (exact) mass is 506 g/mol. The molecule has 178 valence electrons. The first-order chi connectivity index (χ1) is 16.4. The molecule has 2 aromatic carbocycles. The van der Waals surface area contributed by atoms with Gasteiger partial charge in [0.1, 0.15) is 17.3 Å². The topological polar surface area (TPSA) is 99.2 Å². The quantitative estimate of drug-likeness (QED) is 0.519. The number of anilines is 2. The second-order valence-corrected chi connectivity index (χ2v) is 11.0. The maximum absolute atomic E-state index is 13.9. The summed E-state index contributed by atoms with van der Waals surface area (Å²) in [5.41, 5.74) is 8.84. The Morgan fingerprint density at radius 3 is 2.46 bits per heavy atom. The van der Waals surface area contributed by atoms with Crippen LogP contribution in [-0.4, -0.2) is 11.7 Å². The molecule has 5 rings (SSSR count). The van der Waals surface area contributed by atoms with Crippen molar-refractivity contribution in [3.63, 3.8) is 0 Å². The van der Waals surface area contributed by atoms with Crippen molar-refractivity contribution in [3.05, 3.63) is 79.7 Å². The molecule has 1 aliphatic carbocycles. The third kappa shape index (κ3) is 3.08. The molecule has 8 heteroatoms. The van der Waals surface area contributed by atoms with Crippen LogP contribution in [0.4, 0.5) is 11.4 Å². The number of carbonyl (C=O) groups excluding carboxylic acids is 2. The summed E-state index contributed by atoms with van der Waals surface area (Å²) in [5.74, 6) is -0.554. The number of amides is 1. The van der Waals surface area contributed by atoms with Crippen molar-refractivity contribution in [2.45, 2.75) is 46.0 Å². The summed E-state index contributed by atoms with van der Waals surface area (Å²) in [7, 11) is 0. The molecule has 1 unspecified atom stereocenters. The van der Waals surface area contributed by atoms with Crippen LogP contribution in [-0.2, 0) is 15.0 Å². The van der Waals surface area contributed by atoms with E-state index >= 15 is 0 Å². The lowest BCUT2D eigenvalue weighted by Crippen LogP contribution is -2.52. The Bertz CT molecular complexity index is 1460. The fraction of sp³-hybridized carbons (Fsp3) is 0.296. The largest absolute Gasteiger partial charge is 0.384 e. The number of halogens is 2. The van der Waals surface area contributed by atoms with Crippen molar-refractivity contribution in [1.29, 1.82) is 5.26 Å². The van der Waals surface area contributed by atoms with E-state index in [0.29, 0.717) is 44.7 Å². The molecule has 3 aliphatic rings. The predicted octanol–water partition coefficient (Wildman–Crippen LogP) is 5.66. The predicted molar refractivity (Wildman–Crippen MR) is 137 cm³/mol. The lowest BCUT2D eigenvalue weighted by molar-refractivity contribution is -0.123. The number of nitrogens with two attached hydrogens (primary N) is 1. The molecule has 0 fully saturated rings. The number of nitriles is 1. The van der Waals surface area contributed by atoms with Gasteiger partial charge in [-0.05, 0) is 55.0 Å². The van der Waals surface area contributed by atoms with Crippen LogP contribution in [0.3, 0.4) is 0 Å². The van der Waals surface area contributed by atoms with Crippen LogP contribution in [0.15, 0.2) is 53.0 Å². The molecule has 2 heterocycles. The molecular formula is C27H24Cl2N4O2. The maximum atomic E-state index is 13.9. The molecule has 6 nitrogen and oxygen atoms in total. The van der Waals surface area contributed by atoms with Gasteiger partial charge < -0.3 is 11.1 Å². The van der Waals surface area contributed by atoms with E-state index in [4.69, 9.17) is 28.9 Å². The lowest BCUT2D eigenvalue weighted by Gasteiger charge is -2.46. The van der Waals surface area contributed by atoms with E-state index in [0.717, 1.165) is 5.56 Å². The molecule has 0 aromatic heterocycles. The molecule has 35 heavy (non-hydrogen) atoms. The highest BCUT2D eigenvalue weighted by atomic mass is 35.5. The summed E-state index contributed by atoms with van der Waals surface area (Å²) in [6, 6.07) is 11.1. The molecular weight excluding hydrogens is 483 g/mol. The van der Waals surface area contributed by atoms with Crippen LogP contribution < -0.4 is 16.0 Å². The summed E-state index contributed by atoms with van der Waals surface area (Å²) < 4.78 is 0. The number of nitrogens with zero attached hydrogens (tertiary/aromatic N) is 2. The van der Waals surface area contributed by atoms with Gasteiger partial charge >= 0.3 is 0 Å². The van der Waals surface area contributed by atoms with Crippen LogP contribution in [0.5, 0.6) is 0 Å². The number of benzene rings is 2. The Balaban J connectivity index is 1.91. The summed E-state index contributed by atoms with van der Waals surface area (Å²) in [6.45, 7) is 7.70. The smallest absolute Gasteiger partial charge is 0.245 e. The van der Waals surface area contributed by atoms with E-state index in [-0.39, 0.29) is 34.6 Å². The van der Waals surface area contributed by atoms with Gasteiger partial charge in [0.2, 0.25) is 5.91 Å². The van der Waals surface area contributed by atoms with Crippen molar-refractivity contribution >= 4 is 46.3 Å². The molecule has 0 saturated heterocycles. The first-order valence-electron chi connectivity index (χ1n) is 11.3. The normalized spacial score (nSPS) is 22.8. The van der Waals surface area contributed by atoms with Gasteiger partial charge in [0.15, 0.2) is 5.78 Å². The van der Waals surface area contributed by atoms with Gasteiger partial charge in [0, 0.05) is 39.0 Å². The van der Waals surface area contributed by atoms with Crippen LogP contribution in [0.2, 0.25) is 10.0 Å². The molecule has 2 aliphatic heterocycles. The second kappa shape index (κ2) is 7.61. The fourth-order valence-electron chi connectivity index (χ4n) is 5.62. The SMILES string of the molecule is Cc1ccc(N2C(N)=C(C#N)C3(C(=O)Nc4c3ccc(Cl)c4C)C3=C2CC(C)(C)CC3=O)cc1Cl. The molecule has 3 N–H and O–H groups in total. The zero-order chi connectivity index (χ0) is 25.4. The number of carbonyl (C=O) groups is 2. The molecule has 1 spiro atoms. The molecule has 2 aromatic rings. The second-order valence-electron chi connectivity index (χ2n) is 10.2. The van der Waals surface area contributed by atoms with E-state index in [1.54, 1.807) is 30.0 Å². The van der Waals surface area contributed by atoms with Crippen LogP contribution in [0, 0.1) is 30.6 Å². The number of rotatable bonds is 1.